The van der Waals surface area contributed by atoms with E-state index in [9.17, 15) is 10.1 Å². The van der Waals surface area contributed by atoms with Gasteiger partial charge >= 0.3 is 0 Å². The Morgan fingerprint density at radius 1 is 1.41 bits per heavy atom. The zero-order chi connectivity index (χ0) is 15.1. The molecule has 2 N–H and O–H groups in total. The first-order valence-corrected chi connectivity index (χ1v) is 7.60. The second kappa shape index (κ2) is 5.08. The first-order valence-electron chi connectivity index (χ1n) is 7.60. The van der Waals surface area contributed by atoms with E-state index >= 15 is 0 Å². The summed E-state index contributed by atoms with van der Waals surface area (Å²) in [4.78, 5) is 16.7. The highest BCUT2D eigenvalue weighted by Crippen LogP contribution is 2.28. The molecule has 2 fully saturated rings. The Hall–Kier alpha value is -2.45. The number of benzene rings is 1. The molecule has 0 spiro atoms. The van der Waals surface area contributed by atoms with Crippen molar-refractivity contribution in [2.45, 2.75) is 37.4 Å². The van der Waals surface area contributed by atoms with Gasteiger partial charge in [-0.1, -0.05) is 12.1 Å². The van der Waals surface area contributed by atoms with Crippen LogP contribution in [0.25, 0.3) is 10.8 Å². The maximum absolute atomic E-state index is 12.4. The van der Waals surface area contributed by atoms with Gasteiger partial charge in [0.2, 0.25) is 0 Å². The molecule has 5 heteroatoms. The van der Waals surface area contributed by atoms with E-state index in [4.69, 9.17) is 0 Å². The van der Waals surface area contributed by atoms with Gasteiger partial charge in [0, 0.05) is 35.1 Å². The number of carbonyl (C=O) groups is 1. The van der Waals surface area contributed by atoms with Gasteiger partial charge < -0.3 is 10.6 Å². The van der Waals surface area contributed by atoms with Crippen LogP contribution >= 0.6 is 0 Å². The van der Waals surface area contributed by atoms with Crippen molar-refractivity contribution < 1.29 is 4.79 Å². The molecule has 2 aliphatic rings. The normalized spacial score (nSPS) is 26.0. The standard InChI is InChI=1S/C17H16N4O/c18-8-10-2-1-3-11-9-19-16(7-13(10)11)17(22)21-15-6-12-4-5-14(15)20-12/h1-3,7,9,12,14-15,20H,4-6H2,(H,21,22). The minimum absolute atomic E-state index is 0.158. The van der Waals surface area contributed by atoms with Crippen molar-refractivity contribution >= 4 is 16.7 Å². The number of rotatable bonds is 2. The lowest BCUT2D eigenvalue weighted by Crippen LogP contribution is -2.43. The third kappa shape index (κ3) is 2.13. The number of pyridine rings is 1. The van der Waals surface area contributed by atoms with Gasteiger partial charge in [0.25, 0.3) is 5.91 Å². The molecular formula is C17H16N4O. The topological polar surface area (TPSA) is 77.8 Å². The SMILES string of the molecule is N#Cc1cccc2cnc(C(=O)NC3CC4CCC3N4)cc12. The van der Waals surface area contributed by atoms with Crippen LogP contribution in [0.4, 0.5) is 0 Å². The fraction of sp³-hybridized carbons (Fsp3) is 0.353. The van der Waals surface area contributed by atoms with Gasteiger partial charge in [0.1, 0.15) is 5.69 Å². The third-order valence-electron chi connectivity index (χ3n) is 4.73. The number of hydrogen-bond donors (Lipinski definition) is 2. The molecule has 2 aromatic rings. The minimum Gasteiger partial charge on any atom is -0.346 e. The molecule has 4 rings (SSSR count). The van der Waals surface area contributed by atoms with Crippen molar-refractivity contribution in [1.29, 1.82) is 5.26 Å². The van der Waals surface area contributed by atoms with Gasteiger partial charge in [0.05, 0.1) is 11.6 Å². The Bertz CT molecular complexity index is 795. The van der Waals surface area contributed by atoms with E-state index in [1.807, 2.05) is 12.1 Å². The highest BCUT2D eigenvalue weighted by atomic mass is 16.2. The summed E-state index contributed by atoms with van der Waals surface area (Å²) in [6.07, 6.45) is 4.98. The third-order valence-corrected chi connectivity index (χ3v) is 4.73. The molecule has 2 saturated heterocycles. The number of nitrogens with one attached hydrogen (secondary N) is 2. The van der Waals surface area contributed by atoms with Crippen LogP contribution in [-0.4, -0.2) is 29.0 Å². The Morgan fingerprint density at radius 2 is 2.32 bits per heavy atom. The number of aromatic nitrogens is 1. The average molecular weight is 292 g/mol. The fourth-order valence-corrected chi connectivity index (χ4v) is 3.62. The maximum atomic E-state index is 12.4. The first kappa shape index (κ1) is 13.2. The van der Waals surface area contributed by atoms with E-state index in [-0.39, 0.29) is 11.9 Å². The number of carbonyl (C=O) groups excluding carboxylic acids is 1. The van der Waals surface area contributed by atoms with Crippen LogP contribution in [-0.2, 0) is 0 Å². The number of nitriles is 1. The molecule has 110 valence electrons. The van der Waals surface area contributed by atoms with E-state index < -0.39 is 0 Å². The van der Waals surface area contributed by atoms with Crippen LogP contribution < -0.4 is 10.6 Å². The van der Waals surface area contributed by atoms with Gasteiger partial charge in [0.15, 0.2) is 0 Å². The molecule has 2 aliphatic heterocycles. The number of nitrogens with zero attached hydrogens (tertiary/aromatic N) is 2. The van der Waals surface area contributed by atoms with Crippen LogP contribution in [0.5, 0.6) is 0 Å². The average Bonchev–Trinajstić information content (AvgIpc) is 3.16. The van der Waals surface area contributed by atoms with Gasteiger partial charge in [-0.15, -0.1) is 0 Å². The lowest BCUT2D eigenvalue weighted by atomic mass is 9.95. The summed E-state index contributed by atoms with van der Waals surface area (Å²) >= 11 is 0. The Balaban J connectivity index is 1.61. The van der Waals surface area contributed by atoms with Gasteiger partial charge in [-0.05, 0) is 31.4 Å². The molecule has 1 amide bonds. The minimum atomic E-state index is -0.158. The summed E-state index contributed by atoms with van der Waals surface area (Å²) < 4.78 is 0. The predicted octanol–water partition coefficient (Wildman–Crippen LogP) is 1.73. The van der Waals surface area contributed by atoms with Gasteiger partial charge in [-0.25, -0.2) is 0 Å². The predicted molar refractivity (Wildman–Crippen MR) is 82.3 cm³/mol. The van der Waals surface area contributed by atoms with Gasteiger partial charge in [-0.2, -0.15) is 5.26 Å². The second-order valence-corrected chi connectivity index (χ2v) is 6.07. The van der Waals surface area contributed by atoms with Crippen LogP contribution in [0.3, 0.4) is 0 Å². The van der Waals surface area contributed by atoms with Crippen molar-refractivity contribution in [3.05, 3.63) is 41.7 Å². The zero-order valence-corrected chi connectivity index (χ0v) is 12.0. The molecule has 0 saturated carbocycles. The highest BCUT2D eigenvalue weighted by molar-refractivity contribution is 5.98. The lowest BCUT2D eigenvalue weighted by Gasteiger charge is -2.21. The van der Waals surface area contributed by atoms with E-state index in [0.29, 0.717) is 23.3 Å². The zero-order valence-electron chi connectivity index (χ0n) is 12.0. The molecule has 3 heterocycles. The number of hydrogen-bond acceptors (Lipinski definition) is 4. The van der Waals surface area contributed by atoms with Crippen molar-refractivity contribution in [3.63, 3.8) is 0 Å². The molecular weight excluding hydrogens is 276 g/mol. The van der Waals surface area contributed by atoms with E-state index in [2.05, 4.69) is 21.7 Å². The van der Waals surface area contributed by atoms with Crippen molar-refractivity contribution in [1.82, 2.24) is 15.6 Å². The van der Waals surface area contributed by atoms with Crippen molar-refractivity contribution in [3.8, 4) is 6.07 Å². The van der Waals surface area contributed by atoms with Crippen molar-refractivity contribution in [2.24, 2.45) is 0 Å². The van der Waals surface area contributed by atoms with Crippen LogP contribution in [0.2, 0.25) is 0 Å². The highest BCUT2D eigenvalue weighted by Gasteiger charge is 2.39. The largest absolute Gasteiger partial charge is 0.346 e. The Kier molecular flexibility index (Phi) is 3.05. The Morgan fingerprint density at radius 3 is 3.05 bits per heavy atom. The molecule has 5 nitrogen and oxygen atoms in total. The molecule has 2 bridgehead atoms. The lowest BCUT2D eigenvalue weighted by molar-refractivity contribution is 0.0926. The Labute approximate surface area is 128 Å². The second-order valence-electron chi connectivity index (χ2n) is 6.07. The van der Waals surface area contributed by atoms with E-state index in [1.54, 1.807) is 18.3 Å². The molecule has 0 radical (unpaired) electrons. The fourth-order valence-electron chi connectivity index (χ4n) is 3.62. The van der Waals surface area contributed by atoms with E-state index in [1.165, 1.54) is 6.42 Å². The monoisotopic (exact) mass is 292 g/mol. The smallest absolute Gasteiger partial charge is 0.270 e. The summed E-state index contributed by atoms with van der Waals surface area (Å²) in [5, 5.41) is 17.4. The summed E-state index contributed by atoms with van der Waals surface area (Å²) in [6.45, 7) is 0. The summed E-state index contributed by atoms with van der Waals surface area (Å²) in [7, 11) is 0. The maximum Gasteiger partial charge on any atom is 0.270 e. The molecule has 1 aromatic carbocycles. The summed E-state index contributed by atoms with van der Waals surface area (Å²) in [6, 6.07) is 10.5. The number of fused-ring (bicyclic) bond motifs is 3. The summed E-state index contributed by atoms with van der Waals surface area (Å²) in [5.41, 5.74) is 0.938. The molecule has 3 atom stereocenters. The molecule has 0 aliphatic carbocycles. The summed E-state index contributed by atoms with van der Waals surface area (Å²) in [5.74, 6) is -0.158. The van der Waals surface area contributed by atoms with Crippen LogP contribution in [0.15, 0.2) is 30.5 Å². The molecule has 3 unspecified atom stereocenters. The van der Waals surface area contributed by atoms with Crippen molar-refractivity contribution in [2.75, 3.05) is 0 Å². The van der Waals surface area contributed by atoms with E-state index in [0.717, 1.165) is 23.6 Å². The molecule has 1 aromatic heterocycles. The van der Waals surface area contributed by atoms with Crippen LogP contribution in [0, 0.1) is 11.3 Å². The number of amides is 1. The molecule has 22 heavy (non-hydrogen) atoms. The first-order chi connectivity index (χ1) is 10.7. The quantitative estimate of drug-likeness (QED) is 0.883. The van der Waals surface area contributed by atoms with Crippen LogP contribution in [0.1, 0.15) is 35.3 Å². The van der Waals surface area contributed by atoms with Gasteiger partial charge in [-0.3, -0.25) is 9.78 Å².